The molecule has 2 N–H and O–H groups in total. The van der Waals surface area contributed by atoms with E-state index in [9.17, 15) is 13.2 Å². The van der Waals surface area contributed by atoms with Crippen LogP contribution in [-0.2, 0) is 12.8 Å². The molecule has 2 aromatic rings. The zero-order chi connectivity index (χ0) is 17.2. The smallest absolute Gasteiger partial charge is 0.406 e. The Bertz CT molecular complexity index is 762. The number of alkyl halides is 3. The molecular formula is C17H15F3N2OS. The molecule has 0 aromatic heterocycles. The fourth-order valence-corrected chi connectivity index (χ4v) is 2.95. The number of hydrogen-bond donors (Lipinski definition) is 2. The first-order chi connectivity index (χ1) is 11.4. The van der Waals surface area contributed by atoms with Crippen LogP contribution in [0.3, 0.4) is 0 Å². The van der Waals surface area contributed by atoms with E-state index in [1.54, 1.807) is 6.07 Å². The topological polar surface area (TPSA) is 33.3 Å². The fraction of sp³-hybridized carbons (Fsp3) is 0.235. The van der Waals surface area contributed by atoms with Crippen molar-refractivity contribution in [2.45, 2.75) is 25.6 Å². The number of hydrogen-bond acceptors (Lipinski definition) is 2. The highest BCUT2D eigenvalue weighted by Crippen LogP contribution is 2.26. The van der Waals surface area contributed by atoms with Crippen molar-refractivity contribution in [3.63, 3.8) is 0 Å². The van der Waals surface area contributed by atoms with Gasteiger partial charge in [0, 0.05) is 17.4 Å². The molecule has 24 heavy (non-hydrogen) atoms. The molecule has 3 nitrogen and oxygen atoms in total. The Kier molecular flexibility index (Phi) is 4.62. The van der Waals surface area contributed by atoms with Gasteiger partial charge in [0.15, 0.2) is 5.11 Å². The summed E-state index contributed by atoms with van der Waals surface area (Å²) in [5, 5.41) is 6.21. The first-order valence-corrected chi connectivity index (χ1v) is 7.85. The van der Waals surface area contributed by atoms with Crippen LogP contribution in [0.4, 0.5) is 24.5 Å². The molecule has 2 aromatic carbocycles. The van der Waals surface area contributed by atoms with Crippen LogP contribution in [0, 0.1) is 0 Å². The van der Waals surface area contributed by atoms with Gasteiger partial charge in [0.05, 0.1) is 0 Å². The van der Waals surface area contributed by atoms with Gasteiger partial charge >= 0.3 is 6.36 Å². The van der Waals surface area contributed by atoms with E-state index in [1.807, 2.05) is 6.07 Å². The van der Waals surface area contributed by atoms with E-state index in [-0.39, 0.29) is 5.75 Å². The van der Waals surface area contributed by atoms with Crippen LogP contribution in [0.2, 0.25) is 0 Å². The van der Waals surface area contributed by atoms with Gasteiger partial charge in [0.25, 0.3) is 0 Å². The second-order valence-electron chi connectivity index (χ2n) is 5.49. The van der Waals surface area contributed by atoms with Crippen molar-refractivity contribution in [3.8, 4) is 5.75 Å². The summed E-state index contributed by atoms with van der Waals surface area (Å²) >= 11 is 5.21. The van der Waals surface area contributed by atoms with Crippen molar-refractivity contribution in [1.82, 2.24) is 0 Å². The number of aryl methyl sites for hydroxylation is 2. The lowest BCUT2D eigenvalue weighted by Gasteiger charge is -2.13. The quantitative estimate of drug-likeness (QED) is 0.771. The summed E-state index contributed by atoms with van der Waals surface area (Å²) in [6, 6.07) is 11.6. The van der Waals surface area contributed by atoms with Gasteiger partial charge in [-0.1, -0.05) is 12.1 Å². The van der Waals surface area contributed by atoms with Crippen LogP contribution < -0.4 is 15.4 Å². The molecule has 1 aliphatic rings. The summed E-state index contributed by atoms with van der Waals surface area (Å²) in [6.45, 7) is 0. The standard InChI is InChI=1S/C17H15F3N2OS/c18-17(19,20)23-15-6-2-5-13(10-15)21-16(24)22-14-8-7-11-3-1-4-12(11)9-14/h2,5-10H,1,3-4H2,(H2,21,22,24). The van der Waals surface area contributed by atoms with Crippen LogP contribution in [0.1, 0.15) is 17.5 Å². The summed E-state index contributed by atoms with van der Waals surface area (Å²) < 4.78 is 40.6. The fourth-order valence-electron chi connectivity index (χ4n) is 2.71. The molecule has 0 aliphatic heterocycles. The third-order valence-corrected chi connectivity index (χ3v) is 3.89. The number of benzene rings is 2. The van der Waals surface area contributed by atoms with E-state index in [0.717, 1.165) is 24.9 Å². The molecule has 0 spiro atoms. The van der Waals surface area contributed by atoms with Gasteiger partial charge in [-0.2, -0.15) is 0 Å². The SMILES string of the molecule is FC(F)(F)Oc1cccc(NC(=S)Nc2ccc3c(c2)CCC3)c1. The van der Waals surface area contributed by atoms with E-state index < -0.39 is 6.36 Å². The summed E-state index contributed by atoms with van der Waals surface area (Å²) in [5.74, 6) is -0.298. The number of thiocarbonyl (C=S) groups is 1. The maximum Gasteiger partial charge on any atom is 0.573 e. The predicted molar refractivity (Wildman–Crippen MR) is 91.4 cm³/mol. The van der Waals surface area contributed by atoms with Gasteiger partial charge in [0.1, 0.15) is 5.75 Å². The van der Waals surface area contributed by atoms with E-state index in [0.29, 0.717) is 10.8 Å². The average molecular weight is 352 g/mol. The lowest BCUT2D eigenvalue weighted by atomic mass is 10.1. The molecule has 3 rings (SSSR count). The van der Waals surface area contributed by atoms with E-state index in [4.69, 9.17) is 12.2 Å². The Morgan fingerprint density at radius 2 is 1.67 bits per heavy atom. The van der Waals surface area contributed by atoms with Crippen molar-refractivity contribution in [2.75, 3.05) is 10.6 Å². The third kappa shape index (κ3) is 4.38. The van der Waals surface area contributed by atoms with Crippen molar-refractivity contribution in [2.24, 2.45) is 0 Å². The zero-order valence-corrected chi connectivity index (χ0v) is 13.4. The minimum absolute atomic E-state index is 0.298. The van der Waals surface area contributed by atoms with Gasteiger partial charge < -0.3 is 15.4 Å². The van der Waals surface area contributed by atoms with Crippen LogP contribution in [0.25, 0.3) is 0 Å². The van der Waals surface area contributed by atoms with Crippen molar-refractivity contribution in [1.29, 1.82) is 0 Å². The van der Waals surface area contributed by atoms with Gasteiger partial charge in [-0.15, -0.1) is 13.2 Å². The van der Waals surface area contributed by atoms with Gasteiger partial charge in [-0.05, 0) is 66.9 Å². The monoisotopic (exact) mass is 352 g/mol. The summed E-state index contributed by atoms with van der Waals surface area (Å²) in [6.07, 6.45) is -1.40. The summed E-state index contributed by atoms with van der Waals surface area (Å²) in [4.78, 5) is 0. The first kappa shape index (κ1) is 16.6. The molecule has 126 valence electrons. The number of fused-ring (bicyclic) bond motifs is 1. The second-order valence-corrected chi connectivity index (χ2v) is 5.90. The molecule has 0 fully saturated rings. The van der Waals surface area contributed by atoms with Gasteiger partial charge in [-0.25, -0.2) is 0 Å². The minimum atomic E-state index is -4.72. The van der Waals surface area contributed by atoms with E-state index in [1.165, 1.54) is 29.3 Å². The lowest BCUT2D eigenvalue weighted by Crippen LogP contribution is -2.20. The van der Waals surface area contributed by atoms with Crippen molar-refractivity contribution < 1.29 is 17.9 Å². The summed E-state index contributed by atoms with van der Waals surface area (Å²) in [7, 11) is 0. The normalized spacial score (nSPS) is 13.3. The number of nitrogens with one attached hydrogen (secondary N) is 2. The van der Waals surface area contributed by atoms with Crippen LogP contribution in [-0.4, -0.2) is 11.5 Å². The average Bonchev–Trinajstić information content (AvgIpc) is 2.93. The molecule has 7 heteroatoms. The minimum Gasteiger partial charge on any atom is -0.406 e. The summed E-state index contributed by atoms with van der Waals surface area (Å²) in [5.41, 5.74) is 3.94. The molecule has 0 saturated carbocycles. The molecule has 0 bridgehead atoms. The highest BCUT2D eigenvalue weighted by Gasteiger charge is 2.31. The Morgan fingerprint density at radius 1 is 0.958 bits per heavy atom. The molecular weight excluding hydrogens is 337 g/mol. The number of ether oxygens (including phenoxy) is 1. The Balaban J connectivity index is 1.63. The lowest BCUT2D eigenvalue weighted by molar-refractivity contribution is -0.274. The van der Waals surface area contributed by atoms with Gasteiger partial charge in [0.2, 0.25) is 0 Å². The third-order valence-electron chi connectivity index (χ3n) is 3.68. The Hall–Kier alpha value is -2.28. The highest BCUT2D eigenvalue weighted by atomic mass is 32.1. The molecule has 0 heterocycles. The molecule has 0 amide bonds. The number of rotatable bonds is 3. The Morgan fingerprint density at radius 3 is 2.42 bits per heavy atom. The highest BCUT2D eigenvalue weighted by molar-refractivity contribution is 7.80. The maximum atomic E-state index is 12.3. The van der Waals surface area contributed by atoms with Crippen molar-refractivity contribution in [3.05, 3.63) is 53.6 Å². The molecule has 0 unspecified atom stereocenters. The maximum absolute atomic E-state index is 12.3. The zero-order valence-electron chi connectivity index (χ0n) is 12.6. The van der Waals surface area contributed by atoms with E-state index >= 15 is 0 Å². The predicted octanol–water partition coefficient (Wildman–Crippen LogP) is 4.88. The van der Waals surface area contributed by atoms with E-state index in [2.05, 4.69) is 27.5 Å². The Labute approximate surface area is 142 Å². The van der Waals surface area contributed by atoms with Gasteiger partial charge in [-0.3, -0.25) is 0 Å². The molecule has 0 atom stereocenters. The number of anilines is 2. The largest absolute Gasteiger partial charge is 0.573 e. The first-order valence-electron chi connectivity index (χ1n) is 7.45. The van der Waals surface area contributed by atoms with Crippen LogP contribution >= 0.6 is 12.2 Å². The van der Waals surface area contributed by atoms with Crippen LogP contribution in [0.15, 0.2) is 42.5 Å². The molecule has 1 aliphatic carbocycles. The molecule has 0 radical (unpaired) electrons. The van der Waals surface area contributed by atoms with Crippen LogP contribution in [0.5, 0.6) is 5.75 Å². The molecule has 0 saturated heterocycles. The second kappa shape index (κ2) is 6.68. The van der Waals surface area contributed by atoms with Crippen molar-refractivity contribution >= 4 is 28.7 Å². The number of halogens is 3.